The van der Waals surface area contributed by atoms with Crippen LogP contribution >= 0.6 is 0 Å². The molecule has 1 saturated carbocycles. The summed E-state index contributed by atoms with van der Waals surface area (Å²) in [4.78, 5) is 52.9. The lowest BCUT2D eigenvalue weighted by atomic mass is 9.54. The van der Waals surface area contributed by atoms with Crippen LogP contribution in [0.1, 0.15) is 101 Å². The molecule has 1 aromatic carbocycles. The number of aryl methyl sites for hydroxylation is 1. The maximum absolute atomic E-state index is 14.5. The van der Waals surface area contributed by atoms with E-state index in [1.165, 1.54) is 0 Å². The smallest absolute Gasteiger partial charge is 0.303 e. The molecule has 0 radical (unpaired) electrons. The lowest BCUT2D eigenvalue weighted by Crippen LogP contribution is -2.62. The van der Waals surface area contributed by atoms with Crippen LogP contribution in [0.5, 0.6) is 0 Å². The maximum Gasteiger partial charge on any atom is 0.303 e. The molecule has 1 aromatic heterocycles. The summed E-state index contributed by atoms with van der Waals surface area (Å²) < 4.78 is 14.5. The van der Waals surface area contributed by atoms with Gasteiger partial charge in [0.2, 0.25) is 5.91 Å². The van der Waals surface area contributed by atoms with Crippen LogP contribution in [0.15, 0.2) is 24.4 Å². The van der Waals surface area contributed by atoms with Crippen LogP contribution in [0.4, 0.5) is 15.9 Å². The second-order valence-electron chi connectivity index (χ2n) is 14.1. The van der Waals surface area contributed by atoms with Gasteiger partial charge in [-0.2, -0.15) is 0 Å². The number of fused-ring (bicyclic) bond motifs is 2. The molecule has 10 heteroatoms. The van der Waals surface area contributed by atoms with Crippen molar-refractivity contribution in [1.29, 1.82) is 0 Å². The molecule has 1 aliphatic carbocycles. The molecule has 232 valence electrons. The fourth-order valence-electron chi connectivity index (χ4n) is 7.46. The van der Waals surface area contributed by atoms with Crippen molar-refractivity contribution in [2.45, 2.75) is 96.9 Å². The number of carbonyl (C=O) groups is 3. The highest BCUT2D eigenvalue weighted by Crippen LogP contribution is 2.60. The summed E-state index contributed by atoms with van der Waals surface area (Å²) in [5.41, 5.74) is 1.76. The molecule has 1 spiro atoms. The van der Waals surface area contributed by atoms with Crippen LogP contribution in [0.2, 0.25) is 0 Å². The molecule has 2 aromatic rings. The van der Waals surface area contributed by atoms with Gasteiger partial charge >= 0.3 is 5.97 Å². The molecule has 1 saturated heterocycles. The van der Waals surface area contributed by atoms with Crippen LogP contribution < -0.4 is 4.90 Å². The summed E-state index contributed by atoms with van der Waals surface area (Å²) in [5, 5.41) is 8.77. The molecule has 9 nitrogen and oxygen atoms in total. The number of hydrogen-bond donors (Lipinski definition) is 1. The predicted molar refractivity (Wildman–Crippen MR) is 162 cm³/mol. The van der Waals surface area contributed by atoms with E-state index in [2.05, 4.69) is 13.8 Å². The first-order valence-electron chi connectivity index (χ1n) is 15.4. The van der Waals surface area contributed by atoms with Crippen LogP contribution in [-0.4, -0.2) is 74.4 Å². The van der Waals surface area contributed by atoms with E-state index in [1.54, 1.807) is 30.2 Å². The number of unbranched alkanes of at least 4 members (excludes halogenated alkanes) is 3. The van der Waals surface area contributed by atoms with Crippen molar-refractivity contribution >= 4 is 29.3 Å². The predicted octanol–water partition coefficient (Wildman–Crippen LogP) is 5.62. The van der Waals surface area contributed by atoms with Gasteiger partial charge in [0.25, 0.3) is 5.91 Å². The normalized spacial score (nSPS) is 19.7. The highest BCUT2D eigenvalue weighted by atomic mass is 19.1. The Morgan fingerprint density at radius 1 is 0.977 bits per heavy atom. The largest absolute Gasteiger partial charge is 0.481 e. The average Bonchev–Trinajstić information content (AvgIpc) is 3.24. The Labute approximate surface area is 253 Å². The first-order chi connectivity index (χ1) is 20.2. The Morgan fingerprint density at radius 3 is 2.30 bits per heavy atom. The molecular weight excluding hydrogens is 549 g/mol. The topological polar surface area (TPSA) is 107 Å². The minimum Gasteiger partial charge on any atom is -0.481 e. The van der Waals surface area contributed by atoms with E-state index in [4.69, 9.17) is 15.1 Å². The fraction of sp³-hybridized carbons (Fsp3) is 0.606. The van der Waals surface area contributed by atoms with Crippen molar-refractivity contribution in [2.24, 2.45) is 5.41 Å². The number of aliphatic carboxylic acids is 1. The van der Waals surface area contributed by atoms with E-state index < -0.39 is 11.5 Å². The first kappa shape index (κ1) is 30.9. The van der Waals surface area contributed by atoms with Crippen molar-refractivity contribution in [1.82, 2.24) is 19.8 Å². The molecule has 3 heterocycles. The van der Waals surface area contributed by atoms with E-state index in [-0.39, 0.29) is 34.9 Å². The molecule has 3 aliphatic rings. The van der Waals surface area contributed by atoms with Crippen molar-refractivity contribution in [3.05, 3.63) is 47.2 Å². The third kappa shape index (κ3) is 6.24. The SMILES string of the molecule is Cc1ccc(N2CC3(CC(C)(C)C3)c3nc(C(=O)N4CCN(C(=O)CCCCCCC(=O)O)CC4(C)C)cnc32)cc1F. The third-order valence-corrected chi connectivity index (χ3v) is 9.32. The number of carboxylic acid groups (broad SMARTS) is 1. The van der Waals surface area contributed by atoms with Gasteiger partial charge in [-0.15, -0.1) is 0 Å². The van der Waals surface area contributed by atoms with Crippen LogP contribution in [0.3, 0.4) is 0 Å². The Hall–Kier alpha value is -3.56. The standard InChI is InChI=1S/C33H44FN5O4/c1-22-12-13-23(16-24(22)34)38-21-33(18-31(2,3)19-33)28-29(38)35-17-25(36-28)30(43)39-15-14-37(20-32(39,4)5)26(40)10-8-6-7-9-11-27(41)42/h12-13,16-17H,6-11,14-15,18-21H2,1-5H3,(H,41,42). The maximum atomic E-state index is 14.5. The quantitative estimate of drug-likeness (QED) is 0.376. The molecule has 1 N–H and O–H groups in total. The molecule has 0 bridgehead atoms. The summed E-state index contributed by atoms with van der Waals surface area (Å²) in [6, 6.07) is 5.24. The van der Waals surface area contributed by atoms with Crippen molar-refractivity contribution in [2.75, 3.05) is 31.1 Å². The van der Waals surface area contributed by atoms with Crippen LogP contribution in [-0.2, 0) is 15.0 Å². The van der Waals surface area contributed by atoms with E-state index in [0.717, 1.165) is 43.5 Å². The zero-order valence-corrected chi connectivity index (χ0v) is 26.1. The number of benzene rings is 1. The molecule has 43 heavy (non-hydrogen) atoms. The van der Waals surface area contributed by atoms with Gasteiger partial charge in [0.1, 0.15) is 11.5 Å². The summed E-state index contributed by atoms with van der Waals surface area (Å²) in [5.74, 6) is -0.487. The minimum absolute atomic E-state index is 0.0675. The van der Waals surface area contributed by atoms with Gasteiger partial charge in [-0.1, -0.05) is 32.8 Å². The van der Waals surface area contributed by atoms with E-state index in [1.807, 2.05) is 29.7 Å². The van der Waals surface area contributed by atoms with Gasteiger partial charge in [0.15, 0.2) is 5.82 Å². The second kappa shape index (κ2) is 11.5. The summed E-state index contributed by atoms with van der Waals surface area (Å²) in [6.07, 6.45) is 6.94. The summed E-state index contributed by atoms with van der Waals surface area (Å²) in [6.45, 7) is 12.1. The molecule has 2 aliphatic heterocycles. The Bertz CT molecular complexity index is 1420. The number of amides is 2. The Kier molecular flexibility index (Phi) is 8.26. The van der Waals surface area contributed by atoms with Crippen LogP contribution in [0, 0.1) is 18.2 Å². The van der Waals surface area contributed by atoms with Gasteiger partial charge in [-0.05, 0) is 69.6 Å². The van der Waals surface area contributed by atoms with E-state index in [0.29, 0.717) is 56.1 Å². The highest BCUT2D eigenvalue weighted by Gasteiger charge is 2.57. The molecule has 0 atom stereocenters. The summed E-state index contributed by atoms with van der Waals surface area (Å²) in [7, 11) is 0. The number of rotatable bonds is 9. The molecular formula is C33H44FN5O4. The van der Waals surface area contributed by atoms with E-state index >= 15 is 0 Å². The molecule has 2 fully saturated rings. The van der Waals surface area contributed by atoms with Gasteiger partial charge in [-0.3, -0.25) is 14.4 Å². The monoisotopic (exact) mass is 593 g/mol. The van der Waals surface area contributed by atoms with Crippen molar-refractivity contribution in [3.63, 3.8) is 0 Å². The number of aromatic nitrogens is 2. The lowest BCUT2D eigenvalue weighted by molar-refractivity contribution is -0.137. The van der Waals surface area contributed by atoms with Crippen LogP contribution in [0.25, 0.3) is 0 Å². The zero-order valence-electron chi connectivity index (χ0n) is 26.1. The minimum atomic E-state index is -0.788. The lowest BCUT2D eigenvalue weighted by Gasteiger charge is -2.51. The first-order valence-corrected chi connectivity index (χ1v) is 15.4. The molecule has 2 amide bonds. The average molecular weight is 594 g/mol. The highest BCUT2D eigenvalue weighted by molar-refractivity contribution is 5.93. The Morgan fingerprint density at radius 2 is 1.67 bits per heavy atom. The van der Waals surface area contributed by atoms with E-state index in [9.17, 15) is 18.8 Å². The van der Waals surface area contributed by atoms with Gasteiger partial charge in [-0.25, -0.2) is 14.4 Å². The molecule has 5 rings (SSSR count). The van der Waals surface area contributed by atoms with Gasteiger partial charge in [0, 0.05) is 50.1 Å². The summed E-state index contributed by atoms with van der Waals surface area (Å²) >= 11 is 0. The number of nitrogens with zero attached hydrogens (tertiary/aromatic N) is 5. The number of carboxylic acids is 1. The number of anilines is 2. The van der Waals surface area contributed by atoms with Crippen molar-refractivity contribution < 1.29 is 23.9 Å². The zero-order chi connectivity index (χ0) is 31.2. The molecule has 0 unspecified atom stereocenters. The van der Waals surface area contributed by atoms with Gasteiger partial charge in [0.05, 0.1) is 17.4 Å². The second-order valence-corrected chi connectivity index (χ2v) is 14.1. The Balaban J connectivity index is 1.29. The number of piperazine rings is 1. The van der Waals surface area contributed by atoms with Gasteiger partial charge < -0.3 is 19.8 Å². The fourth-order valence-corrected chi connectivity index (χ4v) is 7.46. The number of hydrogen-bond acceptors (Lipinski definition) is 6. The third-order valence-electron chi connectivity index (χ3n) is 9.32. The number of halogens is 1. The van der Waals surface area contributed by atoms with Crippen molar-refractivity contribution in [3.8, 4) is 0 Å². The number of carbonyl (C=O) groups excluding carboxylic acids is 2.